The average molecular weight is 355 g/mol. The maximum absolute atomic E-state index is 12.4. The Balaban J connectivity index is 1.34. The molecule has 0 atom stereocenters. The number of carbonyl (C=O) groups excluding carboxylic acids is 1. The van der Waals surface area contributed by atoms with Crippen LogP contribution in [0.15, 0.2) is 36.7 Å². The highest BCUT2D eigenvalue weighted by molar-refractivity contribution is 7.13. The number of aryl methyl sites for hydroxylation is 2. The zero-order valence-corrected chi connectivity index (χ0v) is 15.1. The third-order valence-electron chi connectivity index (χ3n) is 4.61. The van der Waals surface area contributed by atoms with Gasteiger partial charge < -0.3 is 9.80 Å². The van der Waals surface area contributed by atoms with E-state index in [0.717, 1.165) is 37.6 Å². The van der Waals surface area contributed by atoms with Crippen molar-refractivity contribution in [3.05, 3.63) is 42.2 Å². The lowest BCUT2D eigenvalue weighted by molar-refractivity contribution is -0.131. The summed E-state index contributed by atoms with van der Waals surface area (Å²) in [7, 11) is 0. The van der Waals surface area contributed by atoms with E-state index in [-0.39, 0.29) is 5.91 Å². The predicted molar refractivity (Wildman–Crippen MR) is 100.0 cm³/mol. The van der Waals surface area contributed by atoms with E-state index in [2.05, 4.69) is 32.6 Å². The van der Waals surface area contributed by atoms with E-state index in [1.54, 1.807) is 11.5 Å². The summed E-state index contributed by atoms with van der Waals surface area (Å²) in [6.07, 6.45) is 4.29. The molecule has 0 bridgehead atoms. The third kappa shape index (κ3) is 3.37. The first-order valence-electron chi connectivity index (χ1n) is 8.57. The van der Waals surface area contributed by atoms with Gasteiger partial charge in [0.05, 0.1) is 10.9 Å². The van der Waals surface area contributed by atoms with Crippen molar-refractivity contribution < 1.29 is 4.79 Å². The molecule has 3 heterocycles. The van der Waals surface area contributed by atoms with E-state index in [4.69, 9.17) is 0 Å². The van der Waals surface area contributed by atoms with Crippen molar-refractivity contribution in [1.29, 1.82) is 0 Å². The third-order valence-corrected chi connectivity index (χ3v) is 5.42. The van der Waals surface area contributed by atoms with Crippen molar-refractivity contribution in [1.82, 2.24) is 19.1 Å². The summed E-state index contributed by atoms with van der Waals surface area (Å²) in [5.74, 6) is 1.26. The van der Waals surface area contributed by atoms with Gasteiger partial charge in [0.25, 0.3) is 0 Å². The number of anilines is 1. The number of aromatic nitrogens is 3. The number of rotatable bonds is 4. The van der Waals surface area contributed by atoms with Crippen molar-refractivity contribution >= 4 is 33.3 Å². The van der Waals surface area contributed by atoms with Gasteiger partial charge in [-0.1, -0.05) is 12.1 Å². The van der Waals surface area contributed by atoms with Crippen LogP contribution in [0.2, 0.25) is 0 Å². The molecule has 0 N–H and O–H groups in total. The van der Waals surface area contributed by atoms with Gasteiger partial charge in [0.2, 0.25) is 5.91 Å². The second-order valence-corrected chi connectivity index (χ2v) is 7.21. The number of carbonyl (C=O) groups is 1. The first kappa shape index (κ1) is 16.1. The molecule has 25 heavy (non-hydrogen) atoms. The van der Waals surface area contributed by atoms with Crippen LogP contribution in [0, 0.1) is 6.92 Å². The fourth-order valence-corrected chi connectivity index (χ4v) is 4.02. The van der Waals surface area contributed by atoms with E-state index >= 15 is 0 Å². The van der Waals surface area contributed by atoms with Gasteiger partial charge in [-0.05, 0) is 36.2 Å². The summed E-state index contributed by atoms with van der Waals surface area (Å²) in [4.78, 5) is 16.7. The monoisotopic (exact) mass is 355 g/mol. The summed E-state index contributed by atoms with van der Waals surface area (Å²) in [6.45, 7) is 5.82. The van der Waals surface area contributed by atoms with E-state index < -0.39 is 0 Å². The highest BCUT2D eigenvalue weighted by Gasteiger charge is 2.23. The lowest BCUT2D eigenvalue weighted by Crippen LogP contribution is -2.49. The van der Waals surface area contributed by atoms with Crippen LogP contribution < -0.4 is 4.90 Å². The standard InChI is InChI=1S/C18H21N5OS/c1-14-12-19-23(13-14)7-6-17(24)21-8-10-22(11-9-21)18-15-4-2-3-5-16(15)25-20-18/h2-5,12-13H,6-11H2,1H3. The minimum Gasteiger partial charge on any atom is -0.352 e. The first-order valence-corrected chi connectivity index (χ1v) is 9.34. The largest absolute Gasteiger partial charge is 0.352 e. The van der Waals surface area contributed by atoms with Crippen LogP contribution in [-0.2, 0) is 11.3 Å². The average Bonchev–Trinajstić information content (AvgIpc) is 3.26. The maximum Gasteiger partial charge on any atom is 0.224 e. The molecule has 1 aliphatic rings. The van der Waals surface area contributed by atoms with Crippen LogP contribution in [0.25, 0.3) is 10.1 Å². The van der Waals surface area contributed by atoms with Gasteiger partial charge in [0.15, 0.2) is 0 Å². The Morgan fingerprint density at radius 2 is 2.00 bits per heavy atom. The molecule has 1 amide bonds. The number of amides is 1. The fraction of sp³-hybridized carbons (Fsp3) is 0.389. The van der Waals surface area contributed by atoms with Gasteiger partial charge >= 0.3 is 0 Å². The lowest BCUT2D eigenvalue weighted by Gasteiger charge is -2.35. The number of fused-ring (bicyclic) bond motifs is 1. The predicted octanol–water partition coefficient (Wildman–Crippen LogP) is 2.54. The maximum atomic E-state index is 12.4. The van der Waals surface area contributed by atoms with Crippen molar-refractivity contribution in [2.24, 2.45) is 0 Å². The summed E-state index contributed by atoms with van der Waals surface area (Å²) < 4.78 is 7.67. The van der Waals surface area contributed by atoms with Crippen molar-refractivity contribution in [2.75, 3.05) is 31.1 Å². The molecule has 0 unspecified atom stereocenters. The molecule has 4 rings (SSSR count). The van der Waals surface area contributed by atoms with Crippen LogP contribution >= 0.6 is 11.5 Å². The minimum atomic E-state index is 0.205. The lowest BCUT2D eigenvalue weighted by atomic mass is 10.2. The molecule has 0 saturated carbocycles. The molecule has 1 aromatic carbocycles. The van der Waals surface area contributed by atoms with E-state index in [1.165, 1.54) is 10.1 Å². The van der Waals surface area contributed by atoms with E-state index in [9.17, 15) is 4.79 Å². The van der Waals surface area contributed by atoms with Gasteiger partial charge in [-0.15, -0.1) is 0 Å². The van der Waals surface area contributed by atoms with Gasteiger partial charge in [-0.2, -0.15) is 9.47 Å². The van der Waals surface area contributed by atoms with E-state index in [1.807, 2.05) is 35.0 Å². The Labute approximate surface area is 150 Å². The topological polar surface area (TPSA) is 54.3 Å². The molecule has 130 valence electrons. The summed E-state index contributed by atoms with van der Waals surface area (Å²) in [5.41, 5.74) is 1.12. The molecule has 6 nitrogen and oxygen atoms in total. The summed E-state index contributed by atoms with van der Waals surface area (Å²) in [6, 6.07) is 8.32. The number of hydrogen-bond acceptors (Lipinski definition) is 5. The van der Waals surface area contributed by atoms with Crippen LogP contribution in [-0.4, -0.2) is 51.1 Å². The Kier molecular flexibility index (Phi) is 4.40. The molecule has 2 aromatic heterocycles. The SMILES string of the molecule is Cc1cnn(CCC(=O)N2CCN(c3nsc4ccccc34)CC2)c1. The molecule has 3 aromatic rings. The number of nitrogens with zero attached hydrogens (tertiary/aromatic N) is 5. The van der Waals surface area contributed by atoms with Crippen molar-refractivity contribution in [3.63, 3.8) is 0 Å². The molecule has 0 aliphatic carbocycles. The molecule has 1 aliphatic heterocycles. The summed E-state index contributed by atoms with van der Waals surface area (Å²) >= 11 is 1.54. The van der Waals surface area contributed by atoms with Gasteiger partial charge in [-0.25, -0.2) is 0 Å². The van der Waals surface area contributed by atoms with Crippen molar-refractivity contribution in [3.8, 4) is 0 Å². The van der Waals surface area contributed by atoms with E-state index in [0.29, 0.717) is 13.0 Å². The fourth-order valence-electron chi connectivity index (χ4n) is 3.23. The second kappa shape index (κ2) is 6.84. The molecular formula is C18H21N5OS. The van der Waals surface area contributed by atoms with Crippen LogP contribution in [0.4, 0.5) is 5.82 Å². The van der Waals surface area contributed by atoms with Gasteiger partial charge in [-0.3, -0.25) is 9.48 Å². The van der Waals surface area contributed by atoms with Crippen LogP contribution in [0.1, 0.15) is 12.0 Å². The number of hydrogen-bond donors (Lipinski definition) is 0. The molecule has 0 spiro atoms. The molecule has 7 heteroatoms. The zero-order valence-electron chi connectivity index (χ0n) is 14.3. The number of piperazine rings is 1. The van der Waals surface area contributed by atoms with Crippen LogP contribution in [0.5, 0.6) is 0 Å². The van der Waals surface area contributed by atoms with Gasteiger partial charge in [0, 0.05) is 50.7 Å². The molecule has 1 saturated heterocycles. The minimum absolute atomic E-state index is 0.205. The molecular weight excluding hydrogens is 334 g/mol. The highest BCUT2D eigenvalue weighted by atomic mass is 32.1. The zero-order chi connectivity index (χ0) is 17.2. The normalized spacial score (nSPS) is 15.1. The van der Waals surface area contributed by atoms with Gasteiger partial charge in [0.1, 0.15) is 5.82 Å². The van der Waals surface area contributed by atoms with Crippen LogP contribution in [0.3, 0.4) is 0 Å². The Hall–Kier alpha value is -2.41. The highest BCUT2D eigenvalue weighted by Crippen LogP contribution is 2.29. The Morgan fingerprint density at radius 1 is 1.20 bits per heavy atom. The smallest absolute Gasteiger partial charge is 0.224 e. The summed E-state index contributed by atoms with van der Waals surface area (Å²) in [5, 5.41) is 5.45. The van der Waals surface area contributed by atoms with Crippen molar-refractivity contribution in [2.45, 2.75) is 19.9 Å². The first-order chi connectivity index (χ1) is 12.2. The molecule has 0 radical (unpaired) electrons. The Bertz CT molecular complexity index is 878. The second-order valence-electron chi connectivity index (χ2n) is 6.40. The molecule has 1 fully saturated rings. The number of benzene rings is 1. The quantitative estimate of drug-likeness (QED) is 0.722. The Morgan fingerprint density at radius 3 is 2.76 bits per heavy atom.